The van der Waals surface area contributed by atoms with E-state index < -0.39 is 17.5 Å². The second-order valence-corrected chi connectivity index (χ2v) is 5.87. The van der Waals surface area contributed by atoms with E-state index in [4.69, 9.17) is 5.11 Å². The molecule has 0 aliphatic heterocycles. The smallest absolute Gasteiger partial charge is 0.307 e. The topological polar surface area (TPSA) is 69.6 Å². The number of rotatable bonds is 6. The quantitative estimate of drug-likeness (QED) is 0.681. The van der Waals surface area contributed by atoms with Gasteiger partial charge in [0.25, 0.3) is 0 Å². The molecule has 1 aliphatic rings. The zero-order valence-electron chi connectivity index (χ0n) is 11.8. The Morgan fingerprint density at radius 1 is 1.39 bits per heavy atom. The summed E-state index contributed by atoms with van der Waals surface area (Å²) in [6, 6.07) is -0.115. The highest BCUT2D eigenvalue weighted by molar-refractivity contribution is 5.70. The zero-order valence-corrected chi connectivity index (χ0v) is 11.8. The van der Waals surface area contributed by atoms with Gasteiger partial charge in [0.2, 0.25) is 0 Å². The Kier molecular flexibility index (Phi) is 5.60. The Morgan fingerprint density at radius 2 is 1.94 bits per heavy atom. The molecule has 4 heteroatoms. The van der Waals surface area contributed by atoms with Crippen molar-refractivity contribution in [3.05, 3.63) is 0 Å². The summed E-state index contributed by atoms with van der Waals surface area (Å²) >= 11 is 0. The van der Waals surface area contributed by atoms with Gasteiger partial charge in [0.1, 0.15) is 0 Å². The second-order valence-electron chi connectivity index (χ2n) is 5.87. The third-order valence-electron chi connectivity index (χ3n) is 4.51. The lowest BCUT2D eigenvalue weighted by molar-refractivity contribution is -0.142. The number of carbonyl (C=O) groups is 1. The van der Waals surface area contributed by atoms with Gasteiger partial charge in [-0.1, -0.05) is 20.3 Å². The fourth-order valence-corrected chi connectivity index (χ4v) is 2.54. The van der Waals surface area contributed by atoms with Crippen LogP contribution in [0.4, 0.5) is 0 Å². The van der Waals surface area contributed by atoms with Crippen LogP contribution < -0.4 is 5.32 Å². The van der Waals surface area contributed by atoms with Crippen LogP contribution in [0.2, 0.25) is 0 Å². The van der Waals surface area contributed by atoms with Crippen LogP contribution in [0.25, 0.3) is 0 Å². The number of carboxylic acids is 1. The van der Waals surface area contributed by atoms with Crippen molar-refractivity contribution in [2.24, 2.45) is 11.8 Å². The highest BCUT2D eigenvalue weighted by Gasteiger charge is 2.33. The molecule has 0 bridgehead atoms. The molecule has 0 aromatic rings. The predicted octanol–water partition coefficient (Wildman–Crippen LogP) is 2.02. The van der Waals surface area contributed by atoms with Crippen LogP contribution >= 0.6 is 0 Å². The maximum atomic E-state index is 10.9. The van der Waals surface area contributed by atoms with Gasteiger partial charge < -0.3 is 15.5 Å². The van der Waals surface area contributed by atoms with E-state index in [1.54, 1.807) is 6.92 Å². The first-order chi connectivity index (χ1) is 8.38. The van der Waals surface area contributed by atoms with Crippen LogP contribution in [0.3, 0.4) is 0 Å². The van der Waals surface area contributed by atoms with Crippen molar-refractivity contribution >= 4 is 5.97 Å². The lowest BCUT2D eigenvalue weighted by Gasteiger charge is -2.37. The molecule has 0 amide bonds. The van der Waals surface area contributed by atoms with E-state index in [0.717, 1.165) is 31.6 Å². The van der Waals surface area contributed by atoms with Gasteiger partial charge in [0.15, 0.2) is 0 Å². The molecule has 18 heavy (non-hydrogen) atoms. The predicted molar refractivity (Wildman–Crippen MR) is 71.5 cm³/mol. The van der Waals surface area contributed by atoms with E-state index in [9.17, 15) is 9.90 Å². The van der Waals surface area contributed by atoms with E-state index in [0.29, 0.717) is 6.54 Å². The van der Waals surface area contributed by atoms with Crippen LogP contribution in [-0.2, 0) is 4.79 Å². The number of hydrogen-bond acceptors (Lipinski definition) is 3. The van der Waals surface area contributed by atoms with E-state index in [-0.39, 0.29) is 6.04 Å². The fourth-order valence-electron chi connectivity index (χ4n) is 2.54. The van der Waals surface area contributed by atoms with Crippen LogP contribution in [0.15, 0.2) is 0 Å². The largest absolute Gasteiger partial charge is 0.481 e. The first-order valence-electron chi connectivity index (χ1n) is 7.06. The number of nitrogens with one attached hydrogen (secondary N) is 1. The third-order valence-corrected chi connectivity index (χ3v) is 4.51. The highest BCUT2D eigenvalue weighted by atomic mass is 16.4. The average molecular weight is 257 g/mol. The first-order valence-corrected chi connectivity index (χ1v) is 7.06. The molecule has 106 valence electrons. The van der Waals surface area contributed by atoms with Gasteiger partial charge in [-0.15, -0.1) is 0 Å². The van der Waals surface area contributed by atoms with E-state index in [1.165, 1.54) is 6.42 Å². The Hall–Kier alpha value is -0.610. The maximum Gasteiger partial charge on any atom is 0.307 e. The summed E-state index contributed by atoms with van der Waals surface area (Å²) in [5.74, 6) is -0.474. The summed E-state index contributed by atoms with van der Waals surface area (Å²) in [6.45, 7) is 6.25. The lowest BCUT2D eigenvalue weighted by atomic mass is 9.77. The Labute approximate surface area is 110 Å². The maximum absolute atomic E-state index is 10.9. The molecule has 4 nitrogen and oxygen atoms in total. The van der Waals surface area contributed by atoms with Crippen molar-refractivity contribution < 1.29 is 15.0 Å². The van der Waals surface area contributed by atoms with E-state index >= 15 is 0 Å². The van der Waals surface area contributed by atoms with Crippen LogP contribution in [-0.4, -0.2) is 34.4 Å². The number of aliphatic hydroxyl groups is 1. The molecule has 2 unspecified atom stereocenters. The van der Waals surface area contributed by atoms with Crippen molar-refractivity contribution in [2.75, 3.05) is 6.54 Å². The Morgan fingerprint density at radius 3 is 2.39 bits per heavy atom. The minimum absolute atomic E-state index is 0.115. The minimum atomic E-state index is -0.795. The van der Waals surface area contributed by atoms with Gasteiger partial charge in [0, 0.05) is 12.6 Å². The standard InChI is InChI=1S/C14H27NO3/c1-4-12-5-7-14(18,8-6-12)9-15-11(3)10(2)13(16)17/h10-12,15,18H,4-9H2,1-3H3,(H,16,17). The number of hydrogen-bond donors (Lipinski definition) is 3. The molecule has 1 saturated carbocycles. The molecule has 3 N–H and O–H groups in total. The molecular weight excluding hydrogens is 230 g/mol. The SMILES string of the molecule is CCC1CCC(O)(CNC(C)C(C)C(=O)O)CC1. The molecule has 2 atom stereocenters. The minimum Gasteiger partial charge on any atom is -0.481 e. The molecule has 1 fully saturated rings. The summed E-state index contributed by atoms with van der Waals surface area (Å²) in [7, 11) is 0. The van der Waals surface area contributed by atoms with Crippen LogP contribution in [0.1, 0.15) is 52.9 Å². The van der Waals surface area contributed by atoms with Crippen LogP contribution in [0, 0.1) is 11.8 Å². The van der Waals surface area contributed by atoms with Crippen molar-refractivity contribution in [3.63, 3.8) is 0 Å². The van der Waals surface area contributed by atoms with Gasteiger partial charge in [-0.25, -0.2) is 0 Å². The average Bonchev–Trinajstić information content (AvgIpc) is 2.36. The van der Waals surface area contributed by atoms with E-state index in [1.807, 2.05) is 6.92 Å². The number of carboxylic acid groups (broad SMARTS) is 1. The molecule has 0 heterocycles. The molecule has 1 rings (SSSR count). The second kappa shape index (κ2) is 6.53. The molecule has 0 aromatic carbocycles. The molecule has 0 radical (unpaired) electrons. The van der Waals surface area contributed by atoms with Crippen molar-refractivity contribution in [1.29, 1.82) is 0 Å². The van der Waals surface area contributed by atoms with Crippen molar-refractivity contribution in [2.45, 2.75) is 64.5 Å². The third kappa shape index (κ3) is 4.25. The molecule has 0 saturated heterocycles. The number of aliphatic carboxylic acids is 1. The highest BCUT2D eigenvalue weighted by Crippen LogP contribution is 2.33. The Balaban J connectivity index is 2.36. The molecule has 0 aromatic heterocycles. The summed E-state index contributed by atoms with van der Waals surface area (Å²) in [6.07, 6.45) is 5.00. The molecule has 0 spiro atoms. The monoisotopic (exact) mass is 257 g/mol. The lowest BCUT2D eigenvalue weighted by Crippen LogP contribution is -2.48. The van der Waals surface area contributed by atoms with Gasteiger partial charge in [-0.3, -0.25) is 4.79 Å². The van der Waals surface area contributed by atoms with Crippen molar-refractivity contribution in [3.8, 4) is 0 Å². The molecule has 1 aliphatic carbocycles. The van der Waals surface area contributed by atoms with Gasteiger partial charge >= 0.3 is 5.97 Å². The van der Waals surface area contributed by atoms with E-state index in [2.05, 4.69) is 12.2 Å². The summed E-state index contributed by atoms with van der Waals surface area (Å²) in [5.41, 5.74) is -0.641. The summed E-state index contributed by atoms with van der Waals surface area (Å²) < 4.78 is 0. The summed E-state index contributed by atoms with van der Waals surface area (Å²) in [4.78, 5) is 10.9. The summed E-state index contributed by atoms with van der Waals surface area (Å²) in [5, 5.41) is 22.5. The molecular formula is C14H27NO3. The van der Waals surface area contributed by atoms with Gasteiger partial charge in [-0.2, -0.15) is 0 Å². The fraction of sp³-hybridized carbons (Fsp3) is 0.929. The Bertz CT molecular complexity index is 272. The van der Waals surface area contributed by atoms with Gasteiger partial charge in [0.05, 0.1) is 11.5 Å². The van der Waals surface area contributed by atoms with Crippen molar-refractivity contribution in [1.82, 2.24) is 5.32 Å². The first kappa shape index (κ1) is 15.4. The van der Waals surface area contributed by atoms with Crippen LogP contribution in [0.5, 0.6) is 0 Å². The van der Waals surface area contributed by atoms with Gasteiger partial charge in [-0.05, 0) is 38.5 Å². The normalized spacial score (nSPS) is 31.9. The zero-order chi connectivity index (χ0) is 13.8.